The van der Waals surface area contributed by atoms with Crippen molar-refractivity contribution in [3.8, 4) is 0 Å². The summed E-state index contributed by atoms with van der Waals surface area (Å²) < 4.78 is 7.66. The lowest BCUT2D eigenvalue weighted by Gasteiger charge is -2.17. The van der Waals surface area contributed by atoms with Crippen molar-refractivity contribution in [3.63, 3.8) is 0 Å². The highest BCUT2D eigenvalue weighted by Crippen LogP contribution is 2.28. The van der Waals surface area contributed by atoms with Crippen LogP contribution in [0.5, 0.6) is 0 Å². The molecular weight excluding hydrogens is 316 g/mol. The Kier molecular flexibility index (Phi) is 5.66. The quantitative estimate of drug-likeness (QED) is 0.598. The molecule has 0 amide bonds. The first-order valence-corrected chi connectivity index (χ1v) is 11.8. The average molecular weight is 341 g/mol. The third-order valence-electron chi connectivity index (χ3n) is 3.67. The molecule has 0 aliphatic heterocycles. The third kappa shape index (κ3) is 4.10. The summed E-state index contributed by atoms with van der Waals surface area (Å²) in [6.45, 7) is 10.2. The van der Waals surface area contributed by atoms with Gasteiger partial charge in [-0.1, -0.05) is 38.2 Å². The predicted molar refractivity (Wildman–Crippen MR) is 94.1 cm³/mol. The van der Waals surface area contributed by atoms with Gasteiger partial charge in [-0.05, 0) is 24.6 Å². The van der Waals surface area contributed by atoms with Gasteiger partial charge in [-0.2, -0.15) is 0 Å². The van der Waals surface area contributed by atoms with Crippen LogP contribution in [-0.2, 0) is 11.3 Å². The number of ether oxygens (including phenoxy) is 1. The number of pyridine rings is 1. The molecule has 0 fully saturated rings. The van der Waals surface area contributed by atoms with Crippen molar-refractivity contribution in [1.82, 2.24) is 9.55 Å². The first-order valence-electron chi connectivity index (χ1n) is 7.73. The maximum atomic E-state index is 10.3. The fourth-order valence-electron chi connectivity index (χ4n) is 2.32. The predicted octanol–water partition coefficient (Wildman–Crippen LogP) is 4.45. The lowest BCUT2D eigenvalue weighted by Crippen LogP contribution is -2.21. The molecule has 22 heavy (non-hydrogen) atoms. The van der Waals surface area contributed by atoms with Gasteiger partial charge >= 0.3 is 0 Å². The molecule has 2 rings (SSSR count). The maximum absolute atomic E-state index is 10.3. The van der Waals surface area contributed by atoms with Crippen molar-refractivity contribution in [2.75, 3.05) is 6.61 Å². The normalized spacial score (nSPS) is 13.7. The number of hydrogen-bond acceptors (Lipinski definition) is 3. The van der Waals surface area contributed by atoms with Crippen molar-refractivity contribution >= 4 is 30.7 Å². The lowest BCUT2D eigenvalue weighted by molar-refractivity contribution is 0.0830. The fourth-order valence-corrected chi connectivity index (χ4v) is 3.27. The van der Waals surface area contributed by atoms with E-state index in [0.717, 1.165) is 23.7 Å². The van der Waals surface area contributed by atoms with Crippen molar-refractivity contribution < 1.29 is 9.84 Å². The third-order valence-corrected chi connectivity index (χ3v) is 5.71. The standard InChI is InChI=1S/C16H25ClN2O2Si/c1-5-15(20)19-12(11-21-8-9-22(2,3)4)10-13-14(17)6-7-18-16(13)19/h6-7,10,15,20H,5,8-9,11H2,1-4H3. The average Bonchev–Trinajstić information content (AvgIpc) is 2.82. The fraction of sp³-hybridized carbons (Fsp3) is 0.562. The Morgan fingerprint density at radius 3 is 2.77 bits per heavy atom. The van der Waals surface area contributed by atoms with E-state index >= 15 is 0 Å². The summed E-state index contributed by atoms with van der Waals surface area (Å²) in [4.78, 5) is 4.37. The summed E-state index contributed by atoms with van der Waals surface area (Å²) in [6.07, 6.45) is 1.67. The molecule has 4 nitrogen and oxygen atoms in total. The molecule has 2 aromatic rings. The highest BCUT2D eigenvalue weighted by molar-refractivity contribution is 6.76. The molecule has 6 heteroatoms. The summed E-state index contributed by atoms with van der Waals surface area (Å²) >= 11 is 6.24. The van der Waals surface area contributed by atoms with E-state index in [1.54, 1.807) is 12.3 Å². The number of aromatic nitrogens is 2. The van der Waals surface area contributed by atoms with E-state index in [9.17, 15) is 5.11 Å². The number of halogens is 1. The Labute approximate surface area is 138 Å². The van der Waals surface area contributed by atoms with E-state index in [1.807, 2.05) is 17.6 Å². The number of rotatable bonds is 7. The minimum Gasteiger partial charge on any atom is -0.376 e. The smallest absolute Gasteiger partial charge is 0.143 e. The number of aliphatic hydroxyl groups excluding tert-OH is 1. The molecule has 2 heterocycles. The monoisotopic (exact) mass is 340 g/mol. The van der Waals surface area contributed by atoms with Gasteiger partial charge in [-0.15, -0.1) is 0 Å². The second kappa shape index (κ2) is 7.13. The van der Waals surface area contributed by atoms with Crippen molar-refractivity contribution in [3.05, 3.63) is 29.0 Å². The zero-order chi connectivity index (χ0) is 16.3. The molecule has 0 aromatic carbocycles. The molecule has 0 spiro atoms. The molecular formula is C16H25ClN2O2Si. The zero-order valence-corrected chi connectivity index (χ0v) is 15.5. The van der Waals surface area contributed by atoms with E-state index in [4.69, 9.17) is 16.3 Å². The molecule has 1 N–H and O–H groups in total. The van der Waals surface area contributed by atoms with Gasteiger partial charge in [-0.3, -0.25) is 0 Å². The first kappa shape index (κ1) is 17.5. The summed E-state index contributed by atoms with van der Waals surface area (Å²) in [5.74, 6) is 0. The number of fused-ring (bicyclic) bond motifs is 1. The topological polar surface area (TPSA) is 47.3 Å². The lowest BCUT2D eigenvalue weighted by atomic mass is 10.3. The van der Waals surface area contributed by atoms with Crippen LogP contribution in [0.2, 0.25) is 30.7 Å². The second-order valence-corrected chi connectivity index (χ2v) is 12.8. The van der Waals surface area contributed by atoms with Crippen LogP contribution in [0.3, 0.4) is 0 Å². The summed E-state index contributed by atoms with van der Waals surface area (Å²) in [7, 11) is -1.09. The molecule has 1 atom stereocenters. The molecule has 0 aliphatic rings. The Morgan fingerprint density at radius 2 is 2.14 bits per heavy atom. The van der Waals surface area contributed by atoms with Gasteiger partial charge in [-0.25, -0.2) is 4.98 Å². The molecule has 0 bridgehead atoms. The van der Waals surface area contributed by atoms with Crippen LogP contribution in [0.4, 0.5) is 0 Å². The molecule has 0 saturated carbocycles. The Balaban J connectivity index is 2.23. The van der Waals surface area contributed by atoms with Crippen LogP contribution in [0.25, 0.3) is 11.0 Å². The Bertz CT molecular complexity index is 637. The van der Waals surface area contributed by atoms with Gasteiger partial charge in [0.2, 0.25) is 0 Å². The molecule has 2 aromatic heterocycles. The van der Waals surface area contributed by atoms with Crippen LogP contribution in [0.1, 0.15) is 25.3 Å². The highest BCUT2D eigenvalue weighted by Gasteiger charge is 2.18. The van der Waals surface area contributed by atoms with Gasteiger partial charge in [0.05, 0.1) is 11.6 Å². The van der Waals surface area contributed by atoms with Gasteiger partial charge in [0, 0.05) is 32.0 Å². The molecule has 122 valence electrons. The van der Waals surface area contributed by atoms with Crippen molar-refractivity contribution in [2.24, 2.45) is 0 Å². The van der Waals surface area contributed by atoms with E-state index < -0.39 is 14.3 Å². The van der Waals surface area contributed by atoms with Crippen molar-refractivity contribution in [1.29, 1.82) is 0 Å². The number of nitrogens with zero attached hydrogens (tertiary/aromatic N) is 2. The van der Waals surface area contributed by atoms with E-state index in [2.05, 4.69) is 24.6 Å². The zero-order valence-electron chi connectivity index (χ0n) is 13.8. The molecule has 0 saturated heterocycles. The molecule has 0 radical (unpaired) electrons. The second-order valence-electron chi connectivity index (χ2n) is 6.79. The SMILES string of the molecule is CCC(O)n1c(COCC[Si](C)(C)C)cc2c(Cl)ccnc21. The molecule has 0 aliphatic carbocycles. The van der Waals surface area contributed by atoms with E-state index in [0.29, 0.717) is 23.7 Å². The van der Waals surface area contributed by atoms with Gasteiger partial charge in [0.1, 0.15) is 11.9 Å². The Hall–Kier alpha value is -0.883. The van der Waals surface area contributed by atoms with Gasteiger partial charge in [0.25, 0.3) is 0 Å². The highest BCUT2D eigenvalue weighted by atomic mass is 35.5. The van der Waals surface area contributed by atoms with Gasteiger partial charge < -0.3 is 14.4 Å². The largest absolute Gasteiger partial charge is 0.376 e. The summed E-state index contributed by atoms with van der Waals surface area (Å²) in [5, 5.41) is 11.8. The number of hydrogen-bond donors (Lipinski definition) is 1. The summed E-state index contributed by atoms with van der Waals surface area (Å²) in [6, 6.07) is 4.86. The van der Waals surface area contributed by atoms with Crippen LogP contribution >= 0.6 is 11.6 Å². The van der Waals surface area contributed by atoms with Crippen LogP contribution < -0.4 is 0 Å². The summed E-state index contributed by atoms with van der Waals surface area (Å²) in [5.41, 5.74) is 1.63. The first-order chi connectivity index (χ1) is 10.3. The number of aliphatic hydroxyl groups is 1. The maximum Gasteiger partial charge on any atom is 0.143 e. The Morgan fingerprint density at radius 1 is 1.41 bits per heavy atom. The van der Waals surface area contributed by atoms with Crippen LogP contribution in [0.15, 0.2) is 18.3 Å². The van der Waals surface area contributed by atoms with E-state index in [1.165, 1.54) is 0 Å². The van der Waals surface area contributed by atoms with Gasteiger partial charge in [0.15, 0.2) is 0 Å². The van der Waals surface area contributed by atoms with E-state index in [-0.39, 0.29) is 0 Å². The van der Waals surface area contributed by atoms with Crippen LogP contribution in [0, 0.1) is 0 Å². The van der Waals surface area contributed by atoms with Crippen LogP contribution in [-0.4, -0.2) is 29.3 Å². The van der Waals surface area contributed by atoms with Crippen molar-refractivity contribution in [2.45, 2.75) is 51.9 Å². The molecule has 1 unspecified atom stereocenters. The minimum absolute atomic E-state index is 0.466. The minimum atomic E-state index is -1.09.